The molecule has 1 amide bonds. The quantitative estimate of drug-likeness (QED) is 0.275. The summed E-state index contributed by atoms with van der Waals surface area (Å²) in [5.41, 5.74) is 1.78. The Balaban J connectivity index is 1.67. The van der Waals surface area contributed by atoms with E-state index in [1.54, 1.807) is 4.90 Å². The third-order valence-corrected chi connectivity index (χ3v) is 8.48. The van der Waals surface area contributed by atoms with Crippen molar-refractivity contribution in [3.05, 3.63) is 70.6 Å². The number of halogens is 1. The number of unbranched alkanes of at least 4 members (excludes halogenated alkanes) is 1. The molecule has 1 aromatic heterocycles. The van der Waals surface area contributed by atoms with Crippen LogP contribution < -0.4 is 4.90 Å². The molecule has 3 atom stereocenters. The van der Waals surface area contributed by atoms with Gasteiger partial charge in [0.1, 0.15) is 5.60 Å². The fourth-order valence-electron chi connectivity index (χ4n) is 5.19. The van der Waals surface area contributed by atoms with Crippen LogP contribution in [0.5, 0.6) is 0 Å². The molecule has 1 aliphatic heterocycles. The molecule has 1 aliphatic rings. The van der Waals surface area contributed by atoms with Crippen LogP contribution in [-0.2, 0) is 14.3 Å². The first-order chi connectivity index (χ1) is 18.7. The number of aliphatic hydroxyl groups excluding tert-OH is 1. The highest BCUT2D eigenvalue weighted by Gasteiger charge is 2.40. The van der Waals surface area contributed by atoms with Crippen molar-refractivity contribution < 1.29 is 19.4 Å². The zero-order valence-electron chi connectivity index (χ0n) is 22.8. The number of aromatic nitrogens is 1. The number of ether oxygens (including phenoxy) is 1. The lowest BCUT2D eigenvalue weighted by molar-refractivity contribution is -0.159. The molecule has 0 aliphatic carbocycles. The summed E-state index contributed by atoms with van der Waals surface area (Å²) >= 11 is 7.76. The number of anilines is 1. The Morgan fingerprint density at radius 2 is 1.90 bits per heavy atom. The highest BCUT2D eigenvalue weighted by molar-refractivity contribution is 7.14. The van der Waals surface area contributed by atoms with E-state index >= 15 is 0 Å². The summed E-state index contributed by atoms with van der Waals surface area (Å²) in [6.07, 6.45) is 2.82. The summed E-state index contributed by atoms with van der Waals surface area (Å²) in [5.74, 6) is -1.63. The number of carbonyl (C=O) groups is 2. The summed E-state index contributed by atoms with van der Waals surface area (Å²) < 4.78 is 5.89. The Kier molecular flexibility index (Phi) is 9.81. The van der Waals surface area contributed by atoms with E-state index in [9.17, 15) is 14.7 Å². The number of esters is 1. The number of hydrogen-bond acceptors (Lipinski definition) is 6. The molecule has 0 spiro atoms. The van der Waals surface area contributed by atoms with Gasteiger partial charge in [0.25, 0.3) is 0 Å². The van der Waals surface area contributed by atoms with Gasteiger partial charge in [-0.05, 0) is 57.1 Å². The van der Waals surface area contributed by atoms with Gasteiger partial charge in [0.15, 0.2) is 5.13 Å². The third-order valence-electron chi connectivity index (χ3n) is 7.29. The molecule has 0 saturated carbocycles. The first-order valence-electron chi connectivity index (χ1n) is 13.6. The van der Waals surface area contributed by atoms with E-state index in [0.717, 1.165) is 30.4 Å². The zero-order valence-corrected chi connectivity index (χ0v) is 24.4. The van der Waals surface area contributed by atoms with Crippen molar-refractivity contribution in [1.29, 1.82) is 0 Å². The van der Waals surface area contributed by atoms with Gasteiger partial charge in [0, 0.05) is 22.5 Å². The largest absolute Gasteiger partial charge is 0.460 e. The Hall–Kier alpha value is -2.74. The normalized spacial score (nSPS) is 20.4. The van der Waals surface area contributed by atoms with Crippen LogP contribution >= 0.6 is 22.9 Å². The fourth-order valence-corrected chi connectivity index (χ4v) is 6.28. The summed E-state index contributed by atoms with van der Waals surface area (Å²) in [6.45, 7) is 6.24. The Labute approximate surface area is 240 Å². The van der Waals surface area contributed by atoms with Crippen LogP contribution in [0, 0.1) is 5.92 Å². The lowest BCUT2D eigenvalue weighted by Gasteiger charge is -2.35. The molecule has 0 bridgehead atoms. The topological polar surface area (TPSA) is 79.7 Å². The minimum absolute atomic E-state index is 0.0695. The monoisotopic (exact) mass is 568 g/mol. The van der Waals surface area contributed by atoms with Crippen LogP contribution in [0.3, 0.4) is 0 Å². The maximum atomic E-state index is 14.3. The number of rotatable bonds is 9. The van der Waals surface area contributed by atoms with Crippen LogP contribution in [0.4, 0.5) is 5.13 Å². The second-order valence-electron chi connectivity index (χ2n) is 10.8. The maximum Gasteiger partial charge on any atom is 0.307 e. The minimum Gasteiger partial charge on any atom is -0.460 e. The van der Waals surface area contributed by atoms with E-state index in [1.165, 1.54) is 11.3 Å². The summed E-state index contributed by atoms with van der Waals surface area (Å²) in [4.78, 5) is 33.9. The first kappa shape index (κ1) is 29.2. The lowest BCUT2D eigenvalue weighted by Crippen LogP contribution is -2.44. The number of amides is 1. The molecule has 2 heterocycles. The van der Waals surface area contributed by atoms with E-state index in [0.29, 0.717) is 35.2 Å². The molecule has 208 valence electrons. The molecule has 0 radical (unpaired) electrons. The van der Waals surface area contributed by atoms with Crippen LogP contribution in [-0.4, -0.2) is 40.2 Å². The van der Waals surface area contributed by atoms with E-state index < -0.39 is 23.6 Å². The van der Waals surface area contributed by atoms with Crippen molar-refractivity contribution in [2.75, 3.05) is 11.4 Å². The number of hydrogen-bond donors (Lipinski definition) is 1. The number of aliphatic hydroxyl groups is 1. The molecule has 2 aromatic carbocycles. The van der Waals surface area contributed by atoms with Crippen molar-refractivity contribution in [2.45, 2.75) is 76.9 Å². The van der Waals surface area contributed by atoms with Gasteiger partial charge in [-0.3, -0.25) is 14.5 Å². The molecule has 6 nitrogen and oxygen atoms in total. The van der Waals surface area contributed by atoms with Gasteiger partial charge in [0.2, 0.25) is 5.91 Å². The number of nitrogens with zero attached hydrogens (tertiary/aromatic N) is 2. The van der Waals surface area contributed by atoms with E-state index in [4.69, 9.17) is 21.3 Å². The molecule has 3 aromatic rings. The number of carbonyl (C=O) groups excluding carboxylic acids is 2. The molecule has 1 fully saturated rings. The highest BCUT2D eigenvalue weighted by Crippen LogP contribution is 2.39. The van der Waals surface area contributed by atoms with Gasteiger partial charge in [-0.1, -0.05) is 73.5 Å². The highest BCUT2D eigenvalue weighted by atomic mass is 35.5. The summed E-state index contributed by atoms with van der Waals surface area (Å²) in [6, 6.07) is 17.1. The Morgan fingerprint density at radius 3 is 2.62 bits per heavy atom. The Bertz CT molecular complexity index is 1260. The molecular weight excluding hydrogens is 532 g/mol. The van der Waals surface area contributed by atoms with E-state index in [2.05, 4.69) is 6.92 Å². The van der Waals surface area contributed by atoms with Gasteiger partial charge in [-0.2, -0.15) is 0 Å². The predicted molar refractivity (Wildman–Crippen MR) is 157 cm³/mol. The predicted octanol–water partition coefficient (Wildman–Crippen LogP) is 7.25. The molecular formula is C31H37ClN2O4S. The van der Waals surface area contributed by atoms with Gasteiger partial charge in [0.05, 0.1) is 24.1 Å². The second kappa shape index (κ2) is 13.1. The summed E-state index contributed by atoms with van der Waals surface area (Å²) in [5, 5.41) is 14.0. The van der Waals surface area contributed by atoms with Crippen LogP contribution in [0.1, 0.15) is 70.8 Å². The maximum absolute atomic E-state index is 14.3. The lowest BCUT2D eigenvalue weighted by atomic mass is 9.78. The van der Waals surface area contributed by atoms with Crippen molar-refractivity contribution in [1.82, 2.24) is 4.98 Å². The number of benzene rings is 2. The first-order valence-corrected chi connectivity index (χ1v) is 14.9. The number of thiazole rings is 1. The molecule has 4 rings (SSSR count). The molecule has 1 N–H and O–H groups in total. The van der Waals surface area contributed by atoms with Crippen molar-refractivity contribution >= 4 is 39.9 Å². The molecule has 39 heavy (non-hydrogen) atoms. The van der Waals surface area contributed by atoms with E-state index in [1.807, 2.05) is 73.8 Å². The average molecular weight is 569 g/mol. The van der Waals surface area contributed by atoms with Crippen LogP contribution in [0.15, 0.2) is 60.0 Å². The van der Waals surface area contributed by atoms with Gasteiger partial charge < -0.3 is 9.84 Å². The van der Waals surface area contributed by atoms with Gasteiger partial charge in [-0.25, -0.2) is 4.98 Å². The van der Waals surface area contributed by atoms with Crippen LogP contribution in [0.25, 0.3) is 11.3 Å². The zero-order chi connectivity index (χ0) is 28.0. The Morgan fingerprint density at radius 1 is 1.18 bits per heavy atom. The van der Waals surface area contributed by atoms with E-state index in [-0.39, 0.29) is 18.2 Å². The molecule has 3 unspecified atom stereocenters. The SMILES string of the molecule is CCCCC(C)(C)OC(=O)CC1C(=O)N(c2nc(-c3ccccc3Cl)cs2)CCC(O)CC1c1ccccc1. The second-order valence-corrected chi connectivity index (χ2v) is 12.1. The van der Waals surface area contributed by atoms with Crippen molar-refractivity contribution in [2.24, 2.45) is 5.92 Å². The third kappa shape index (κ3) is 7.47. The van der Waals surface area contributed by atoms with Crippen molar-refractivity contribution in [3.8, 4) is 11.3 Å². The average Bonchev–Trinajstić information content (AvgIpc) is 3.39. The minimum atomic E-state index is -0.704. The van der Waals surface area contributed by atoms with Gasteiger partial charge in [-0.15, -0.1) is 11.3 Å². The smallest absolute Gasteiger partial charge is 0.307 e. The molecule has 1 saturated heterocycles. The molecule has 8 heteroatoms. The summed E-state index contributed by atoms with van der Waals surface area (Å²) in [7, 11) is 0. The van der Waals surface area contributed by atoms with Crippen LogP contribution in [0.2, 0.25) is 5.02 Å². The fraction of sp³-hybridized carbons (Fsp3) is 0.452. The standard InChI is InChI=1S/C31H37ClN2O4S/c1-4-5-16-31(2,3)38-28(36)19-25-24(21-11-7-6-8-12-21)18-22(35)15-17-34(29(25)37)30-33-27(20-39-30)23-13-9-10-14-26(23)32/h6-14,20,22,24-25,35H,4-5,15-19H2,1-3H3. The van der Waals surface area contributed by atoms with Gasteiger partial charge >= 0.3 is 5.97 Å². The van der Waals surface area contributed by atoms with Crippen molar-refractivity contribution in [3.63, 3.8) is 0 Å².